The molecule has 3 N–H and O–H groups in total. The Balaban J connectivity index is 2.44. The lowest BCUT2D eigenvalue weighted by atomic mass is 10.1. The molecule has 0 radical (unpaired) electrons. The molecule has 1 saturated heterocycles. The fourth-order valence-corrected chi connectivity index (χ4v) is 4.90. The minimum atomic E-state index is -3.53. The Morgan fingerprint density at radius 3 is 2.10 bits per heavy atom. The van der Waals surface area contributed by atoms with Crippen molar-refractivity contribution in [1.29, 1.82) is 0 Å². The van der Waals surface area contributed by atoms with Gasteiger partial charge in [0.1, 0.15) is 0 Å². The molecule has 1 aliphatic rings. The Bertz CT molecular complexity index is 597. The van der Waals surface area contributed by atoms with Crippen LogP contribution >= 0.6 is 0 Å². The lowest BCUT2D eigenvalue weighted by Crippen LogP contribution is -2.48. The molecule has 21 heavy (non-hydrogen) atoms. The molecule has 1 aromatic carbocycles. The van der Waals surface area contributed by atoms with E-state index in [1.54, 1.807) is 26.0 Å². The zero-order valence-corrected chi connectivity index (χ0v) is 13.7. The standard InChI is InChI=1S/C14H23N3O3S/c1-9-5-13(16-15)6-10(2)14(9)21(18,19)17-7-11(3)20-12(4)8-17/h5-6,11-12,16H,7-8,15H2,1-4H3. The first-order chi connectivity index (χ1) is 9.75. The Labute approximate surface area is 126 Å². The first kappa shape index (κ1) is 16.2. The highest BCUT2D eigenvalue weighted by Crippen LogP contribution is 2.28. The summed E-state index contributed by atoms with van der Waals surface area (Å²) in [5.74, 6) is 5.40. The average molecular weight is 313 g/mol. The molecule has 2 rings (SSSR count). The van der Waals surface area contributed by atoms with Crippen molar-refractivity contribution in [1.82, 2.24) is 4.31 Å². The second-order valence-corrected chi connectivity index (χ2v) is 7.54. The van der Waals surface area contributed by atoms with Crippen molar-refractivity contribution in [3.05, 3.63) is 23.3 Å². The van der Waals surface area contributed by atoms with Crippen LogP contribution < -0.4 is 11.3 Å². The zero-order chi connectivity index (χ0) is 15.8. The van der Waals surface area contributed by atoms with Gasteiger partial charge in [0.25, 0.3) is 0 Å². The average Bonchev–Trinajstić information content (AvgIpc) is 2.36. The van der Waals surface area contributed by atoms with E-state index >= 15 is 0 Å². The normalized spacial score (nSPS) is 24.0. The summed E-state index contributed by atoms with van der Waals surface area (Å²) in [5.41, 5.74) is 4.63. The van der Waals surface area contributed by atoms with Crippen LogP contribution in [0.25, 0.3) is 0 Å². The smallest absolute Gasteiger partial charge is 0.243 e. The minimum absolute atomic E-state index is 0.103. The third kappa shape index (κ3) is 3.21. The molecule has 0 aromatic heterocycles. The molecule has 1 heterocycles. The minimum Gasteiger partial charge on any atom is -0.373 e. The summed E-state index contributed by atoms with van der Waals surface area (Å²) in [5, 5.41) is 0. The van der Waals surface area contributed by atoms with Gasteiger partial charge in [0.15, 0.2) is 0 Å². The van der Waals surface area contributed by atoms with Gasteiger partial charge in [-0.05, 0) is 51.0 Å². The van der Waals surface area contributed by atoms with Crippen molar-refractivity contribution in [3.8, 4) is 0 Å². The summed E-state index contributed by atoms with van der Waals surface area (Å²) in [4.78, 5) is 0.364. The summed E-state index contributed by atoms with van der Waals surface area (Å²) in [7, 11) is -3.53. The highest BCUT2D eigenvalue weighted by Gasteiger charge is 2.34. The van der Waals surface area contributed by atoms with E-state index in [0.717, 1.165) is 0 Å². The largest absolute Gasteiger partial charge is 0.373 e. The number of nitrogens with one attached hydrogen (secondary N) is 1. The summed E-state index contributed by atoms with van der Waals surface area (Å²) < 4.78 is 33.0. The number of nitrogen functional groups attached to an aromatic ring is 1. The van der Waals surface area contributed by atoms with Crippen LogP contribution in [0.5, 0.6) is 0 Å². The molecule has 0 saturated carbocycles. The van der Waals surface area contributed by atoms with Gasteiger partial charge in [0, 0.05) is 18.8 Å². The molecule has 0 aliphatic carbocycles. The molecule has 7 heteroatoms. The fraction of sp³-hybridized carbons (Fsp3) is 0.571. The number of nitrogens with zero attached hydrogens (tertiary/aromatic N) is 1. The van der Waals surface area contributed by atoms with E-state index in [4.69, 9.17) is 10.6 Å². The van der Waals surface area contributed by atoms with E-state index in [1.165, 1.54) is 4.31 Å². The maximum atomic E-state index is 12.9. The van der Waals surface area contributed by atoms with Gasteiger partial charge in [0.05, 0.1) is 17.1 Å². The lowest BCUT2D eigenvalue weighted by Gasteiger charge is -2.35. The van der Waals surface area contributed by atoms with Crippen LogP contribution in [-0.4, -0.2) is 38.0 Å². The number of hydrazine groups is 1. The van der Waals surface area contributed by atoms with Gasteiger partial charge in [-0.1, -0.05) is 0 Å². The van der Waals surface area contributed by atoms with Gasteiger partial charge >= 0.3 is 0 Å². The lowest BCUT2D eigenvalue weighted by molar-refractivity contribution is -0.0441. The number of hydrogen-bond donors (Lipinski definition) is 2. The Morgan fingerprint density at radius 2 is 1.67 bits per heavy atom. The topological polar surface area (TPSA) is 84.7 Å². The molecule has 6 nitrogen and oxygen atoms in total. The molecule has 1 fully saturated rings. The van der Waals surface area contributed by atoms with Crippen molar-refractivity contribution >= 4 is 15.7 Å². The van der Waals surface area contributed by atoms with Crippen LogP contribution in [0.1, 0.15) is 25.0 Å². The number of benzene rings is 1. The number of rotatable bonds is 3. The van der Waals surface area contributed by atoms with E-state index < -0.39 is 10.0 Å². The van der Waals surface area contributed by atoms with Crippen LogP contribution in [0.4, 0.5) is 5.69 Å². The molecule has 1 aromatic rings. The van der Waals surface area contributed by atoms with Crippen LogP contribution in [0.15, 0.2) is 17.0 Å². The predicted octanol–water partition coefficient (Wildman–Crippen LogP) is 1.39. The first-order valence-electron chi connectivity index (χ1n) is 6.99. The highest BCUT2D eigenvalue weighted by atomic mass is 32.2. The molecule has 2 atom stereocenters. The summed E-state index contributed by atoms with van der Waals surface area (Å²) in [6.07, 6.45) is -0.205. The molecule has 2 unspecified atom stereocenters. The number of hydrogen-bond acceptors (Lipinski definition) is 5. The van der Waals surface area contributed by atoms with Gasteiger partial charge in [-0.3, -0.25) is 5.84 Å². The first-order valence-corrected chi connectivity index (χ1v) is 8.43. The maximum Gasteiger partial charge on any atom is 0.243 e. The van der Waals surface area contributed by atoms with Crippen LogP contribution in [0.2, 0.25) is 0 Å². The van der Waals surface area contributed by atoms with E-state index in [-0.39, 0.29) is 12.2 Å². The Hall–Kier alpha value is -1.15. The third-order valence-electron chi connectivity index (χ3n) is 3.61. The van der Waals surface area contributed by atoms with Crippen molar-refractivity contribution in [2.45, 2.75) is 44.8 Å². The molecule has 1 aliphatic heterocycles. The monoisotopic (exact) mass is 313 g/mol. The zero-order valence-electron chi connectivity index (χ0n) is 12.9. The van der Waals surface area contributed by atoms with E-state index in [9.17, 15) is 8.42 Å². The Morgan fingerprint density at radius 1 is 1.19 bits per heavy atom. The van der Waals surface area contributed by atoms with Crippen molar-refractivity contribution < 1.29 is 13.2 Å². The van der Waals surface area contributed by atoms with Crippen LogP contribution in [0.3, 0.4) is 0 Å². The van der Waals surface area contributed by atoms with Crippen molar-refractivity contribution in [2.75, 3.05) is 18.5 Å². The van der Waals surface area contributed by atoms with E-state index in [0.29, 0.717) is 34.8 Å². The number of morpholine rings is 1. The number of sulfonamides is 1. The Kier molecular flexibility index (Phi) is 4.57. The molecule has 0 amide bonds. The number of nitrogens with two attached hydrogens (primary N) is 1. The summed E-state index contributed by atoms with van der Waals surface area (Å²) in [6.45, 7) is 8.10. The van der Waals surface area contributed by atoms with Crippen LogP contribution in [0, 0.1) is 13.8 Å². The molecule has 0 spiro atoms. The van der Waals surface area contributed by atoms with Crippen LogP contribution in [-0.2, 0) is 14.8 Å². The summed E-state index contributed by atoms with van der Waals surface area (Å²) in [6, 6.07) is 3.49. The van der Waals surface area contributed by atoms with Gasteiger partial charge in [-0.15, -0.1) is 0 Å². The van der Waals surface area contributed by atoms with Gasteiger partial charge in [-0.25, -0.2) is 8.42 Å². The molecular formula is C14H23N3O3S. The molecular weight excluding hydrogens is 290 g/mol. The molecule has 118 valence electrons. The maximum absolute atomic E-state index is 12.9. The predicted molar refractivity (Wildman–Crippen MR) is 82.5 cm³/mol. The van der Waals surface area contributed by atoms with E-state index in [1.807, 2.05) is 13.8 Å². The van der Waals surface area contributed by atoms with Crippen molar-refractivity contribution in [3.63, 3.8) is 0 Å². The van der Waals surface area contributed by atoms with Gasteiger partial charge in [0.2, 0.25) is 10.0 Å². The SMILES string of the molecule is Cc1cc(NN)cc(C)c1S(=O)(=O)N1CC(C)OC(C)C1. The second-order valence-electron chi connectivity index (χ2n) is 5.66. The quantitative estimate of drug-likeness (QED) is 0.650. The van der Waals surface area contributed by atoms with Gasteiger partial charge < -0.3 is 10.2 Å². The molecule has 0 bridgehead atoms. The van der Waals surface area contributed by atoms with Gasteiger partial charge in [-0.2, -0.15) is 4.31 Å². The fourth-order valence-electron chi connectivity index (χ4n) is 2.90. The third-order valence-corrected chi connectivity index (χ3v) is 5.75. The van der Waals surface area contributed by atoms with Crippen molar-refractivity contribution in [2.24, 2.45) is 5.84 Å². The van der Waals surface area contributed by atoms with E-state index in [2.05, 4.69) is 5.43 Å². The number of ether oxygens (including phenoxy) is 1. The highest BCUT2D eigenvalue weighted by molar-refractivity contribution is 7.89. The number of aryl methyl sites for hydroxylation is 2. The second kappa shape index (κ2) is 5.92. The summed E-state index contributed by atoms with van der Waals surface area (Å²) >= 11 is 0. The number of anilines is 1.